The SMILES string of the molecule is CC.CC=N/C=C\C(C)C(=N)C1=CC(N/C=C(\N)C(C)OCCN(C)Cc2c(F)cccc2F)=CCC=C1N. The summed E-state index contributed by atoms with van der Waals surface area (Å²) in [5.74, 6) is -1.29. The van der Waals surface area contributed by atoms with E-state index >= 15 is 0 Å². The lowest BCUT2D eigenvalue weighted by molar-refractivity contribution is 0.0707. The van der Waals surface area contributed by atoms with Gasteiger partial charge in [0.2, 0.25) is 0 Å². The van der Waals surface area contributed by atoms with Gasteiger partial charge in [0, 0.05) is 65.9 Å². The van der Waals surface area contributed by atoms with E-state index in [0.717, 1.165) is 5.70 Å². The summed E-state index contributed by atoms with van der Waals surface area (Å²) in [6, 6.07) is 3.85. The number of halogens is 2. The zero-order valence-corrected chi connectivity index (χ0v) is 24.0. The lowest BCUT2D eigenvalue weighted by Crippen LogP contribution is -2.27. The molecule has 2 rings (SSSR count). The number of hydrogen-bond donors (Lipinski definition) is 4. The molecular weight excluding hydrogens is 498 g/mol. The van der Waals surface area contributed by atoms with Gasteiger partial charge in [0.05, 0.1) is 18.4 Å². The Bertz CT molecular complexity index is 1100. The minimum absolute atomic E-state index is 0.0360. The fourth-order valence-corrected chi connectivity index (χ4v) is 3.46. The van der Waals surface area contributed by atoms with Crippen LogP contribution in [0.2, 0.25) is 0 Å². The molecule has 1 aromatic carbocycles. The fraction of sp³-hybridized carbons (Fsp3) is 0.400. The number of allylic oxidation sites excluding steroid dienone is 5. The Morgan fingerprint density at radius 2 is 1.90 bits per heavy atom. The highest BCUT2D eigenvalue weighted by Crippen LogP contribution is 2.20. The van der Waals surface area contributed by atoms with Gasteiger partial charge in [-0.1, -0.05) is 45.1 Å². The molecule has 1 aliphatic carbocycles. The summed E-state index contributed by atoms with van der Waals surface area (Å²) in [5.41, 5.74) is 15.3. The Morgan fingerprint density at radius 1 is 1.23 bits per heavy atom. The number of nitrogens with two attached hydrogens (primary N) is 2. The van der Waals surface area contributed by atoms with Crippen LogP contribution in [0.3, 0.4) is 0 Å². The van der Waals surface area contributed by atoms with Crippen molar-refractivity contribution in [3.8, 4) is 0 Å². The van der Waals surface area contributed by atoms with Gasteiger partial charge >= 0.3 is 0 Å². The highest BCUT2D eigenvalue weighted by molar-refractivity contribution is 6.04. The third kappa shape index (κ3) is 11.4. The largest absolute Gasteiger partial charge is 0.399 e. The third-order valence-electron chi connectivity index (χ3n) is 5.85. The summed E-state index contributed by atoms with van der Waals surface area (Å²) in [6.07, 6.45) is 12.8. The zero-order chi connectivity index (χ0) is 29.4. The Morgan fingerprint density at radius 3 is 2.54 bits per heavy atom. The van der Waals surface area contributed by atoms with Crippen molar-refractivity contribution in [3.05, 3.63) is 94.8 Å². The predicted octanol–water partition coefficient (Wildman–Crippen LogP) is 5.53. The summed E-state index contributed by atoms with van der Waals surface area (Å²) in [6.45, 7) is 10.5. The quantitative estimate of drug-likeness (QED) is 0.245. The van der Waals surface area contributed by atoms with Gasteiger partial charge in [0.15, 0.2) is 0 Å². The Kier molecular flexibility index (Phi) is 15.3. The molecule has 39 heavy (non-hydrogen) atoms. The number of aliphatic imine (C=N–C) groups is 1. The molecule has 0 aromatic heterocycles. The van der Waals surface area contributed by atoms with Crippen molar-refractivity contribution in [2.24, 2.45) is 22.4 Å². The molecule has 2 atom stereocenters. The van der Waals surface area contributed by atoms with E-state index in [1.54, 1.807) is 30.6 Å². The van der Waals surface area contributed by atoms with Gasteiger partial charge in [-0.2, -0.15) is 0 Å². The highest BCUT2D eigenvalue weighted by Gasteiger charge is 2.16. The van der Waals surface area contributed by atoms with E-state index in [-0.39, 0.29) is 24.1 Å². The minimum atomic E-state index is -0.562. The lowest BCUT2D eigenvalue weighted by Gasteiger charge is -2.20. The van der Waals surface area contributed by atoms with Gasteiger partial charge in [-0.3, -0.25) is 9.89 Å². The van der Waals surface area contributed by atoms with Gasteiger partial charge in [0.25, 0.3) is 0 Å². The highest BCUT2D eigenvalue weighted by atomic mass is 19.1. The third-order valence-corrected chi connectivity index (χ3v) is 5.85. The molecule has 0 saturated carbocycles. The molecule has 0 aliphatic heterocycles. The molecule has 2 unspecified atom stereocenters. The molecule has 7 nitrogen and oxygen atoms in total. The summed E-state index contributed by atoms with van der Waals surface area (Å²) < 4.78 is 33.5. The van der Waals surface area contributed by atoms with Gasteiger partial charge in [-0.15, -0.1) is 0 Å². The molecule has 6 N–H and O–H groups in total. The molecule has 0 heterocycles. The van der Waals surface area contributed by atoms with Crippen molar-refractivity contribution < 1.29 is 13.5 Å². The molecular formula is C30H44F2N6O. The predicted molar refractivity (Wildman–Crippen MR) is 158 cm³/mol. The standard InChI is InChI=1S/C28H38F2N6O.C2H6/c1-5-34-13-12-19(2)28(33)22-16-21(8-6-11-26(22)31)35-17-27(32)20(3)37-15-14-36(4)18-23-24(29)9-7-10-25(23)30;1-2/h5,7-13,16-17,19-20,33,35H,6,14-15,18,31-32H2,1-4H3;1-2H3/b13-12-,27-17-,33-28?,34-5?;. The van der Waals surface area contributed by atoms with Crippen molar-refractivity contribution in [2.45, 2.75) is 53.7 Å². The second-order valence-corrected chi connectivity index (χ2v) is 8.80. The maximum atomic E-state index is 13.9. The lowest BCUT2D eigenvalue weighted by atomic mass is 9.95. The van der Waals surface area contributed by atoms with E-state index in [9.17, 15) is 8.78 Å². The summed E-state index contributed by atoms with van der Waals surface area (Å²) >= 11 is 0. The van der Waals surface area contributed by atoms with Crippen LogP contribution in [0, 0.1) is 23.0 Å². The number of ether oxygens (including phenoxy) is 1. The van der Waals surface area contributed by atoms with Gasteiger partial charge in [-0.25, -0.2) is 8.78 Å². The number of benzene rings is 1. The van der Waals surface area contributed by atoms with E-state index in [1.807, 2.05) is 58.9 Å². The van der Waals surface area contributed by atoms with Gasteiger partial charge < -0.3 is 26.9 Å². The van der Waals surface area contributed by atoms with Crippen molar-refractivity contribution >= 4 is 11.9 Å². The maximum absolute atomic E-state index is 13.9. The van der Waals surface area contributed by atoms with E-state index in [0.29, 0.717) is 42.3 Å². The smallest absolute Gasteiger partial charge is 0.130 e. The average Bonchev–Trinajstić information content (AvgIpc) is 3.11. The van der Waals surface area contributed by atoms with Crippen molar-refractivity contribution in [3.63, 3.8) is 0 Å². The molecule has 1 aromatic rings. The second-order valence-electron chi connectivity index (χ2n) is 8.80. The minimum Gasteiger partial charge on any atom is -0.399 e. The molecule has 0 amide bonds. The first kappa shape index (κ1) is 33.5. The van der Waals surface area contributed by atoms with Crippen LogP contribution < -0.4 is 16.8 Å². The van der Waals surface area contributed by atoms with Crippen molar-refractivity contribution in [1.82, 2.24) is 10.2 Å². The number of hydrogen-bond acceptors (Lipinski definition) is 7. The van der Waals surface area contributed by atoms with Crippen LogP contribution in [0.25, 0.3) is 0 Å². The zero-order valence-electron chi connectivity index (χ0n) is 24.0. The second kappa shape index (κ2) is 17.9. The molecule has 1 aliphatic rings. The number of nitrogens with one attached hydrogen (secondary N) is 2. The Labute approximate surface area is 232 Å². The van der Waals surface area contributed by atoms with Crippen molar-refractivity contribution in [1.29, 1.82) is 5.41 Å². The van der Waals surface area contributed by atoms with Gasteiger partial charge in [-0.05, 0) is 45.5 Å². The van der Waals surface area contributed by atoms with E-state index in [4.69, 9.17) is 21.6 Å². The molecule has 0 fully saturated rings. The first-order valence-corrected chi connectivity index (χ1v) is 13.2. The van der Waals surface area contributed by atoms with E-state index in [1.165, 1.54) is 18.2 Å². The van der Waals surface area contributed by atoms with Crippen LogP contribution in [-0.2, 0) is 11.3 Å². The normalized spacial score (nSPS) is 15.7. The summed E-state index contributed by atoms with van der Waals surface area (Å²) in [7, 11) is 1.77. The van der Waals surface area contributed by atoms with E-state index < -0.39 is 11.6 Å². The average molecular weight is 543 g/mol. The summed E-state index contributed by atoms with van der Waals surface area (Å²) in [5, 5.41) is 11.8. The first-order chi connectivity index (χ1) is 18.6. The molecule has 0 spiro atoms. The van der Waals surface area contributed by atoms with Crippen LogP contribution in [0.5, 0.6) is 0 Å². The Hall–Kier alpha value is -3.56. The first-order valence-electron chi connectivity index (χ1n) is 13.2. The molecule has 0 saturated heterocycles. The van der Waals surface area contributed by atoms with Crippen LogP contribution >= 0.6 is 0 Å². The number of nitrogens with zero attached hydrogens (tertiary/aromatic N) is 2. The van der Waals surface area contributed by atoms with Crippen LogP contribution in [0.15, 0.2) is 82.6 Å². The topological polar surface area (TPSA) is 113 Å². The summed E-state index contributed by atoms with van der Waals surface area (Å²) in [4.78, 5) is 5.84. The fourth-order valence-electron chi connectivity index (χ4n) is 3.46. The molecule has 214 valence electrons. The molecule has 0 radical (unpaired) electrons. The Balaban J connectivity index is 0.00000371. The van der Waals surface area contributed by atoms with Gasteiger partial charge in [0.1, 0.15) is 11.6 Å². The molecule has 0 bridgehead atoms. The van der Waals surface area contributed by atoms with Crippen molar-refractivity contribution in [2.75, 3.05) is 20.2 Å². The number of likely N-dealkylation sites (N-methyl/N-ethyl adjacent to an activating group) is 1. The molecule has 9 heteroatoms. The van der Waals surface area contributed by atoms with E-state index in [2.05, 4.69) is 10.3 Å². The maximum Gasteiger partial charge on any atom is 0.130 e. The van der Waals surface area contributed by atoms with Crippen LogP contribution in [0.4, 0.5) is 8.78 Å². The number of rotatable bonds is 13. The van der Waals surface area contributed by atoms with Crippen LogP contribution in [-0.4, -0.2) is 43.1 Å². The van der Waals surface area contributed by atoms with Crippen LogP contribution in [0.1, 0.15) is 46.6 Å². The monoisotopic (exact) mass is 542 g/mol.